The molecule has 3 N–H and O–H groups in total. The van der Waals surface area contributed by atoms with Gasteiger partial charge in [0.1, 0.15) is 29.7 Å². The van der Waals surface area contributed by atoms with Gasteiger partial charge in [0.2, 0.25) is 0 Å². The summed E-state index contributed by atoms with van der Waals surface area (Å²) in [6.45, 7) is 0.270. The molecule has 2 rings (SSSR count). The lowest BCUT2D eigenvalue weighted by atomic mass is 10.2. The molecule has 0 aliphatic rings. The van der Waals surface area contributed by atoms with E-state index in [1.54, 1.807) is 30.5 Å². The van der Waals surface area contributed by atoms with E-state index >= 15 is 0 Å². The first-order chi connectivity index (χ1) is 8.65. The standard InChI is InChI=1S/C13H12FN3O/c14-10-2-1-3-11(7-10)18-8-9-4-5-17-12(6-9)13(15)16/h1-7H,8H2,(H3,15,16). The van der Waals surface area contributed by atoms with Crippen molar-refractivity contribution in [1.82, 2.24) is 4.98 Å². The second kappa shape index (κ2) is 5.27. The van der Waals surface area contributed by atoms with Crippen molar-refractivity contribution >= 4 is 5.84 Å². The van der Waals surface area contributed by atoms with E-state index in [-0.39, 0.29) is 18.3 Å². The number of hydrogen-bond acceptors (Lipinski definition) is 3. The van der Waals surface area contributed by atoms with Gasteiger partial charge in [-0.2, -0.15) is 0 Å². The monoisotopic (exact) mass is 245 g/mol. The fourth-order valence-corrected chi connectivity index (χ4v) is 1.43. The number of nitrogens with zero attached hydrogens (tertiary/aromatic N) is 1. The number of pyridine rings is 1. The number of nitrogen functional groups attached to an aromatic ring is 1. The number of hydrogen-bond donors (Lipinski definition) is 2. The Balaban J connectivity index is 2.06. The van der Waals surface area contributed by atoms with Crippen LogP contribution in [0.15, 0.2) is 42.6 Å². The van der Waals surface area contributed by atoms with Gasteiger partial charge >= 0.3 is 0 Å². The molecule has 18 heavy (non-hydrogen) atoms. The number of rotatable bonds is 4. The molecule has 0 spiro atoms. The summed E-state index contributed by atoms with van der Waals surface area (Å²) in [5.74, 6) is 0.0189. The molecule has 0 fully saturated rings. The van der Waals surface area contributed by atoms with Crippen LogP contribution in [0.3, 0.4) is 0 Å². The molecule has 0 bridgehead atoms. The van der Waals surface area contributed by atoms with Gasteiger partial charge in [-0.3, -0.25) is 10.4 Å². The Bertz CT molecular complexity index is 572. The number of nitrogens with two attached hydrogens (primary N) is 1. The zero-order valence-corrected chi connectivity index (χ0v) is 9.56. The van der Waals surface area contributed by atoms with Crippen LogP contribution in [-0.4, -0.2) is 10.8 Å². The first-order valence-corrected chi connectivity index (χ1v) is 5.33. The maximum Gasteiger partial charge on any atom is 0.141 e. The molecule has 0 saturated heterocycles. The Morgan fingerprint density at radius 2 is 2.17 bits per heavy atom. The number of ether oxygens (including phenoxy) is 1. The Hall–Kier alpha value is -2.43. The summed E-state index contributed by atoms with van der Waals surface area (Å²) in [6, 6.07) is 9.35. The largest absolute Gasteiger partial charge is 0.489 e. The summed E-state index contributed by atoms with van der Waals surface area (Å²) in [4.78, 5) is 3.94. The fraction of sp³-hybridized carbons (Fsp3) is 0.0769. The average Bonchev–Trinajstić information content (AvgIpc) is 2.37. The molecule has 0 unspecified atom stereocenters. The summed E-state index contributed by atoms with van der Waals surface area (Å²) in [5.41, 5.74) is 6.56. The van der Waals surface area contributed by atoms with Gasteiger partial charge in [-0.15, -0.1) is 0 Å². The molecule has 0 saturated carbocycles. The molecule has 5 heteroatoms. The van der Waals surface area contributed by atoms with Crippen LogP contribution in [0.25, 0.3) is 0 Å². The highest BCUT2D eigenvalue weighted by atomic mass is 19.1. The SMILES string of the molecule is N=C(N)c1cc(COc2cccc(F)c2)ccn1. The van der Waals surface area contributed by atoms with Crippen LogP contribution in [0.5, 0.6) is 5.75 Å². The van der Waals surface area contributed by atoms with Gasteiger partial charge in [-0.25, -0.2) is 4.39 Å². The summed E-state index contributed by atoms with van der Waals surface area (Å²) in [5, 5.41) is 7.28. The zero-order chi connectivity index (χ0) is 13.0. The Kier molecular flexibility index (Phi) is 3.52. The van der Waals surface area contributed by atoms with Crippen LogP contribution < -0.4 is 10.5 Å². The Labute approximate surface area is 104 Å². The van der Waals surface area contributed by atoms with Crippen LogP contribution in [-0.2, 0) is 6.61 Å². The lowest BCUT2D eigenvalue weighted by molar-refractivity contribution is 0.304. The molecular weight excluding hydrogens is 233 g/mol. The minimum absolute atomic E-state index is 0.0948. The van der Waals surface area contributed by atoms with Crippen LogP contribution in [0.1, 0.15) is 11.3 Å². The number of halogens is 1. The van der Waals surface area contributed by atoms with Gasteiger partial charge in [-0.1, -0.05) is 6.07 Å². The molecule has 0 aliphatic carbocycles. The van der Waals surface area contributed by atoms with Gasteiger partial charge in [0.15, 0.2) is 0 Å². The number of benzene rings is 1. The van der Waals surface area contributed by atoms with Gasteiger partial charge in [-0.05, 0) is 29.8 Å². The van der Waals surface area contributed by atoms with Crippen molar-refractivity contribution in [3.05, 3.63) is 59.7 Å². The topological polar surface area (TPSA) is 72.0 Å². The highest BCUT2D eigenvalue weighted by Gasteiger charge is 2.01. The zero-order valence-electron chi connectivity index (χ0n) is 9.56. The van der Waals surface area contributed by atoms with E-state index in [1.165, 1.54) is 12.1 Å². The van der Waals surface area contributed by atoms with Crippen LogP contribution in [0.4, 0.5) is 4.39 Å². The smallest absolute Gasteiger partial charge is 0.141 e. The normalized spacial score (nSPS) is 10.1. The van der Waals surface area contributed by atoms with Crippen LogP contribution >= 0.6 is 0 Å². The predicted molar refractivity (Wildman–Crippen MR) is 66.0 cm³/mol. The number of aromatic nitrogens is 1. The predicted octanol–water partition coefficient (Wildman–Crippen LogP) is 2.08. The number of nitrogens with one attached hydrogen (secondary N) is 1. The average molecular weight is 245 g/mol. The minimum atomic E-state index is -0.341. The first kappa shape index (κ1) is 12.0. The number of amidine groups is 1. The van der Waals surface area contributed by atoms with E-state index in [4.69, 9.17) is 15.9 Å². The van der Waals surface area contributed by atoms with E-state index in [2.05, 4.69) is 4.98 Å². The van der Waals surface area contributed by atoms with Crippen molar-refractivity contribution in [2.45, 2.75) is 6.61 Å². The summed E-state index contributed by atoms with van der Waals surface area (Å²) >= 11 is 0. The van der Waals surface area contributed by atoms with Crippen molar-refractivity contribution in [3.8, 4) is 5.75 Å². The molecule has 92 valence electrons. The van der Waals surface area contributed by atoms with Gasteiger partial charge in [0, 0.05) is 12.3 Å². The summed E-state index contributed by atoms with van der Waals surface area (Å²) < 4.78 is 18.4. The van der Waals surface area contributed by atoms with Crippen molar-refractivity contribution in [2.24, 2.45) is 5.73 Å². The van der Waals surface area contributed by atoms with Crippen LogP contribution in [0.2, 0.25) is 0 Å². The summed E-state index contributed by atoms with van der Waals surface area (Å²) in [6.07, 6.45) is 1.56. The van der Waals surface area contributed by atoms with E-state index in [0.29, 0.717) is 11.4 Å². The third kappa shape index (κ3) is 3.04. The molecular formula is C13H12FN3O. The summed E-state index contributed by atoms with van der Waals surface area (Å²) in [7, 11) is 0. The van der Waals surface area contributed by atoms with Crippen molar-refractivity contribution in [2.75, 3.05) is 0 Å². The second-order valence-electron chi connectivity index (χ2n) is 3.71. The molecule has 0 amide bonds. The quantitative estimate of drug-likeness (QED) is 0.640. The first-order valence-electron chi connectivity index (χ1n) is 5.33. The third-order valence-electron chi connectivity index (χ3n) is 2.30. The maximum atomic E-state index is 12.9. The van der Waals surface area contributed by atoms with E-state index in [0.717, 1.165) is 5.56 Å². The third-order valence-corrected chi connectivity index (χ3v) is 2.30. The van der Waals surface area contributed by atoms with Crippen molar-refractivity contribution in [1.29, 1.82) is 5.41 Å². The molecule has 1 heterocycles. The van der Waals surface area contributed by atoms with Crippen LogP contribution in [0, 0.1) is 11.2 Å². The maximum absolute atomic E-state index is 12.9. The highest BCUT2D eigenvalue weighted by molar-refractivity contribution is 5.93. The van der Waals surface area contributed by atoms with E-state index in [9.17, 15) is 4.39 Å². The minimum Gasteiger partial charge on any atom is -0.489 e. The Morgan fingerprint density at radius 3 is 2.89 bits per heavy atom. The van der Waals surface area contributed by atoms with Crippen molar-refractivity contribution < 1.29 is 9.13 Å². The lowest BCUT2D eigenvalue weighted by Gasteiger charge is -2.07. The molecule has 2 aromatic rings. The molecule has 0 radical (unpaired) electrons. The fourth-order valence-electron chi connectivity index (χ4n) is 1.43. The molecule has 0 atom stereocenters. The van der Waals surface area contributed by atoms with E-state index < -0.39 is 0 Å². The molecule has 0 aliphatic heterocycles. The van der Waals surface area contributed by atoms with Gasteiger partial charge in [0.25, 0.3) is 0 Å². The van der Waals surface area contributed by atoms with E-state index in [1.807, 2.05) is 0 Å². The van der Waals surface area contributed by atoms with Gasteiger partial charge < -0.3 is 10.5 Å². The van der Waals surface area contributed by atoms with Crippen molar-refractivity contribution in [3.63, 3.8) is 0 Å². The molecule has 1 aromatic carbocycles. The second-order valence-corrected chi connectivity index (χ2v) is 3.71. The highest BCUT2D eigenvalue weighted by Crippen LogP contribution is 2.14. The Morgan fingerprint density at radius 1 is 1.33 bits per heavy atom. The molecule has 1 aromatic heterocycles. The van der Waals surface area contributed by atoms with Gasteiger partial charge in [0.05, 0.1) is 0 Å². The molecule has 4 nitrogen and oxygen atoms in total. The lowest BCUT2D eigenvalue weighted by Crippen LogP contribution is -2.13.